The van der Waals surface area contributed by atoms with Crippen LogP contribution in [-0.2, 0) is 16.0 Å². The lowest BCUT2D eigenvalue weighted by atomic mass is 10.1. The van der Waals surface area contributed by atoms with Crippen molar-refractivity contribution in [2.75, 3.05) is 6.61 Å². The van der Waals surface area contributed by atoms with Gasteiger partial charge in [0.15, 0.2) is 0 Å². The van der Waals surface area contributed by atoms with Gasteiger partial charge >= 0.3 is 5.97 Å². The maximum atomic E-state index is 11.7. The summed E-state index contributed by atoms with van der Waals surface area (Å²) in [6.07, 6.45) is 27.1. The smallest absolute Gasteiger partial charge is 0.305 e. The number of allylic oxidation sites excluding steroid dienone is 8. The normalized spacial score (nSPS) is 12.0. The largest absolute Gasteiger partial charge is 0.466 e. The van der Waals surface area contributed by atoms with Gasteiger partial charge in [-0.05, 0) is 63.4 Å². The Bertz CT molecular complexity index is 623. The Labute approximate surface area is 178 Å². The van der Waals surface area contributed by atoms with Gasteiger partial charge in [-0.25, -0.2) is 0 Å². The maximum absolute atomic E-state index is 11.7. The number of hydrogen-bond donors (Lipinski definition) is 0. The summed E-state index contributed by atoms with van der Waals surface area (Å²) in [4.78, 5) is 11.7. The number of benzene rings is 1. The zero-order valence-corrected chi connectivity index (χ0v) is 18.1. The van der Waals surface area contributed by atoms with Gasteiger partial charge in [-0.15, -0.1) is 0 Å². The maximum Gasteiger partial charge on any atom is 0.305 e. The lowest BCUT2D eigenvalue weighted by Crippen LogP contribution is -2.06. The van der Waals surface area contributed by atoms with E-state index in [-0.39, 0.29) is 5.97 Å². The molecule has 0 heterocycles. The van der Waals surface area contributed by atoms with Crippen molar-refractivity contribution in [1.82, 2.24) is 0 Å². The summed E-state index contributed by atoms with van der Waals surface area (Å²) in [6.45, 7) is 2.67. The van der Waals surface area contributed by atoms with Crippen molar-refractivity contribution in [3.05, 3.63) is 84.5 Å². The number of carbonyl (C=O) groups is 1. The van der Waals surface area contributed by atoms with E-state index < -0.39 is 0 Å². The quantitative estimate of drug-likeness (QED) is 0.164. The number of rotatable bonds is 16. The predicted molar refractivity (Wildman–Crippen MR) is 125 cm³/mol. The molecule has 0 aliphatic carbocycles. The van der Waals surface area contributed by atoms with Gasteiger partial charge in [0.25, 0.3) is 0 Å². The van der Waals surface area contributed by atoms with Crippen LogP contribution in [0.1, 0.15) is 70.3 Å². The van der Waals surface area contributed by atoms with Gasteiger partial charge < -0.3 is 4.74 Å². The van der Waals surface area contributed by atoms with Crippen LogP contribution < -0.4 is 0 Å². The average Bonchev–Trinajstić information content (AvgIpc) is 2.75. The van der Waals surface area contributed by atoms with Crippen LogP contribution in [0.15, 0.2) is 78.9 Å². The summed E-state index contributed by atoms with van der Waals surface area (Å²) in [5, 5.41) is 0. The Kier molecular flexibility index (Phi) is 16.2. The first-order valence-corrected chi connectivity index (χ1v) is 11.1. The molecule has 0 aliphatic heterocycles. The third kappa shape index (κ3) is 16.3. The fraction of sp³-hybridized carbons (Fsp3) is 0.444. The highest BCUT2D eigenvalue weighted by molar-refractivity contribution is 5.69. The summed E-state index contributed by atoms with van der Waals surface area (Å²) < 4.78 is 5.31. The highest BCUT2D eigenvalue weighted by Crippen LogP contribution is 2.05. The van der Waals surface area contributed by atoms with E-state index in [1.54, 1.807) is 0 Å². The van der Waals surface area contributed by atoms with Crippen LogP contribution in [-0.4, -0.2) is 12.6 Å². The average molecular weight is 395 g/mol. The monoisotopic (exact) mass is 394 g/mol. The summed E-state index contributed by atoms with van der Waals surface area (Å²) >= 11 is 0. The van der Waals surface area contributed by atoms with Gasteiger partial charge in [0.1, 0.15) is 0 Å². The molecule has 2 nitrogen and oxygen atoms in total. The minimum absolute atomic E-state index is 0.0665. The van der Waals surface area contributed by atoms with Crippen molar-refractivity contribution >= 4 is 5.97 Å². The van der Waals surface area contributed by atoms with Crippen molar-refractivity contribution in [2.24, 2.45) is 0 Å². The molecule has 1 aromatic rings. The van der Waals surface area contributed by atoms with Crippen LogP contribution in [0, 0.1) is 0 Å². The SMILES string of the molecule is CC/C=C\C/C=C\C/C=C\C/C=C\CCCCC(=O)OCCCc1ccccc1. The minimum Gasteiger partial charge on any atom is -0.466 e. The molecule has 158 valence electrons. The molecule has 0 atom stereocenters. The summed E-state index contributed by atoms with van der Waals surface area (Å²) in [6, 6.07) is 10.3. The van der Waals surface area contributed by atoms with Gasteiger partial charge in [-0.1, -0.05) is 85.9 Å². The van der Waals surface area contributed by atoms with Gasteiger partial charge in [-0.2, -0.15) is 0 Å². The Balaban J connectivity index is 1.90. The number of carbonyl (C=O) groups excluding carboxylic acids is 1. The van der Waals surface area contributed by atoms with E-state index in [1.165, 1.54) is 5.56 Å². The third-order valence-corrected chi connectivity index (χ3v) is 4.44. The van der Waals surface area contributed by atoms with E-state index >= 15 is 0 Å². The molecule has 0 fully saturated rings. The second-order valence-electron chi connectivity index (χ2n) is 7.06. The van der Waals surface area contributed by atoms with Crippen molar-refractivity contribution in [3.8, 4) is 0 Å². The molecule has 0 aromatic heterocycles. The van der Waals surface area contributed by atoms with Crippen LogP contribution in [0.3, 0.4) is 0 Å². The number of aryl methyl sites for hydroxylation is 1. The predicted octanol–water partition coefficient (Wildman–Crippen LogP) is 7.53. The van der Waals surface area contributed by atoms with Crippen molar-refractivity contribution in [1.29, 1.82) is 0 Å². The number of unbranched alkanes of at least 4 members (excludes halogenated alkanes) is 2. The van der Waals surface area contributed by atoms with Gasteiger partial charge in [-0.3, -0.25) is 4.79 Å². The first-order chi connectivity index (χ1) is 14.3. The van der Waals surface area contributed by atoms with Crippen molar-refractivity contribution in [2.45, 2.75) is 71.1 Å². The molecule has 0 unspecified atom stereocenters. The highest BCUT2D eigenvalue weighted by atomic mass is 16.5. The van der Waals surface area contributed by atoms with Crippen LogP contribution in [0.4, 0.5) is 0 Å². The summed E-state index contributed by atoms with van der Waals surface area (Å²) in [5.41, 5.74) is 1.29. The number of hydrogen-bond acceptors (Lipinski definition) is 2. The zero-order chi connectivity index (χ0) is 20.8. The molecule has 1 rings (SSSR count). The van der Waals surface area contributed by atoms with Crippen molar-refractivity contribution < 1.29 is 9.53 Å². The van der Waals surface area contributed by atoms with Crippen LogP contribution in [0.25, 0.3) is 0 Å². The first kappa shape index (κ1) is 24.7. The molecule has 0 saturated carbocycles. The highest BCUT2D eigenvalue weighted by Gasteiger charge is 2.02. The molecule has 2 heteroatoms. The molecule has 0 N–H and O–H groups in total. The van der Waals surface area contributed by atoms with Crippen molar-refractivity contribution in [3.63, 3.8) is 0 Å². The molecular formula is C27H38O2. The van der Waals surface area contributed by atoms with Gasteiger partial charge in [0.05, 0.1) is 6.61 Å². The lowest BCUT2D eigenvalue weighted by Gasteiger charge is -2.04. The van der Waals surface area contributed by atoms with E-state index in [0.717, 1.165) is 57.8 Å². The molecule has 0 spiro atoms. The summed E-state index contributed by atoms with van der Waals surface area (Å²) in [5.74, 6) is -0.0665. The van der Waals surface area contributed by atoms with Gasteiger partial charge in [0.2, 0.25) is 0 Å². The lowest BCUT2D eigenvalue weighted by molar-refractivity contribution is -0.143. The van der Waals surface area contributed by atoms with Crippen LogP contribution >= 0.6 is 0 Å². The Hall–Kier alpha value is -2.35. The molecule has 0 aliphatic rings. The Morgan fingerprint density at radius 2 is 1.41 bits per heavy atom. The third-order valence-electron chi connectivity index (χ3n) is 4.44. The first-order valence-electron chi connectivity index (χ1n) is 11.1. The molecule has 0 saturated heterocycles. The molecule has 1 aromatic carbocycles. The molecular weight excluding hydrogens is 356 g/mol. The molecule has 0 bridgehead atoms. The topological polar surface area (TPSA) is 26.3 Å². The van der Waals surface area contributed by atoms with E-state index in [1.807, 2.05) is 18.2 Å². The fourth-order valence-corrected chi connectivity index (χ4v) is 2.81. The Morgan fingerprint density at radius 3 is 2.07 bits per heavy atom. The standard InChI is InChI=1S/C27H38O2/c1-2-3-4-5-6-7-8-9-10-11-12-13-14-15-19-24-27(28)29-25-20-23-26-21-17-16-18-22-26/h3-4,6-7,9-10,12-13,16-18,21-22H,2,5,8,11,14-15,19-20,23-25H2,1H3/b4-3-,7-6-,10-9-,13-12-. The number of ether oxygens (including phenoxy) is 1. The molecule has 0 radical (unpaired) electrons. The minimum atomic E-state index is -0.0665. The molecule has 29 heavy (non-hydrogen) atoms. The van der Waals surface area contributed by atoms with Gasteiger partial charge in [0, 0.05) is 6.42 Å². The summed E-state index contributed by atoms with van der Waals surface area (Å²) in [7, 11) is 0. The number of esters is 1. The van der Waals surface area contributed by atoms with E-state index in [4.69, 9.17) is 4.74 Å². The van der Waals surface area contributed by atoms with E-state index in [9.17, 15) is 4.79 Å². The van der Waals surface area contributed by atoms with E-state index in [2.05, 4.69) is 67.7 Å². The Morgan fingerprint density at radius 1 is 0.793 bits per heavy atom. The zero-order valence-electron chi connectivity index (χ0n) is 18.1. The van der Waals surface area contributed by atoms with Crippen LogP contribution in [0.2, 0.25) is 0 Å². The fourth-order valence-electron chi connectivity index (χ4n) is 2.81. The second kappa shape index (κ2) is 19.0. The molecule has 0 amide bonds. The second-order valence-corrected chi connectivity index (χ2v) is 7.06. The van der Waals surface area contributed by atoms with E-state index in [0.29, 0.717) is 13.0 Å². The van der Waals surface area contributed by atoms with Crippen LogP contribution in [0.5, 0.6) is 0 Å².